The Balaban J connectivity index is 1.80. The summed E-state index contributed by atoms with van der Waals surface area (Å²) in [5.74, 6) is 0.318. The number of thioether (sulfide) groups is 2. The van der Waals surface area contributed by atoms with Crippen molar-refractivity contribution in [3.63, 3.8) is 0 Å². The standard InChI is InChI=1S/C15H19N3OS3/c1-4-11(3)21-15-18-17-14(22-15)16-13(19)9-20-12-7-5-10(2)6-8-12/h5-8,11H,4,9H2,1-3H3,(H,16,17,19). The highest BCUT2D eigenvalue weighted by Gasteiger charge is 2.11. The lowest BCUT2D eigenvalue weighted by molar-refractivity contribution is -0.113. The molecule has 0 bridgehead atoms. The zero-order valence-corrected chi connectivity index (χ0v) is 15.3. The van der Waals surface area contributed by atoms with Crippen LogP contribution in [0.2, 0.25) is 0 Å². The molecule has 1 N–H and O–H groups in total. The molecule has 4 nitrogen and oxygen atoms in total. The fraction of sp³-hybridized carbons (Fsp3) is 0.400. The Hall–Kier alpha value is -1.05. The largest absolute Gasteiger partial charge is 0.300 e. The smallest absolute Gasteiger partial charge is 0.236 e. The first-order valence-corrected chi connectivity index (χ1v) is 9.74. The van der Waals surface area contributed by atoms with Crippen LogP contribution in [0, 0.1) is 6.92 Å². The number of rotatable bonds is 7. The van der Waals surface area contributed by atoms with Gasteiger partial charge in [0.1, 0.15) is 0 Å². The number of benzene rings is 1. The second-order valence-corrected chi connectivity index (χ2v) is 8.57. The summed E-state index contributed by atoms with van der Waals surface area (Å²) in [4.78, 5) is 13.0. The summed E-state index contributed by atoms with van der Waals surface area (Å²) >= 11 is 4.64. The topological polar surface area (TPSA) is 54.9 Å². The minimum Gasteiger partial charge on any atom is -0.300 e. The van der Waals surface area contributed by atoms with Crippen LogP contribution < -0.4 is 5.32 Å². The molecule has 0 aliphatic rings. The molecule has 1 aromatic carbocycles. The number of aryl methyl sites for hydroxylation is 1. The molecule has 1 atom stereocenters. The minimum atomic E-state index is -0.0539. The van der Waals surface area contributed by atoms with Gasteiger partial charge >= 0.3 is 0 Å². The van der Waals surface area contributed by atoms with Crippen LogP contribution in [0.5, 0.6) is 0 Å². The average molecular weight is 354 g/mol. The maximum absolute atomic E-state index is 11.9. The van der Waals surface area contributed by atoms with E-state index in [2.05, 4.69) is 29.4 Å². The van der Waals surface area contributed by atoms with Crippen LogP contribution in [0.4, 0.5) is 5.13 Å². The fourth-order valence-corrected chi connectivity index (χ4v) is 4.21. The lowest BCUT2D eigenvalue weighted by Crippen LogP contribution is -2.13. The number of nitrogens with zero attached hydrogens (tertiary/aromatic N) is 2. The molecule has 118 valence electrons. The molecule has 0 saturated heterocycles. The predicted octanol–water partition coefficient (Wildman–Crippen LogP) is 4.47. The molecule has 2 aromatic rings. The summed E-state index contributed by atoms with van der Waals surface area (Å²) in [6.45, 7) is 6.35. The van der Waals surface area contributed by atoms with Gasteiger partial charge in [-0.1, -0.05) is 54.6 Å². The number of carbonyl (C=O) groups is 1. The quantitative estimate of drug-likeness (QED) is 0.588. The van der Waals surface area contributed by atoms with Gasteiger partial charge in [-0.2, -0.15) is 0 Å². The van der Waals surface area contributed by atoms with Gasteiger partial charge < -0.3 is 0 Å². The molecule has 1 heterocycles. The van der Waals surface area contributed by atoms with Crippen molar-refractivity contribution in [2.45, 2.75) is 41.7 Å². The lowest BCUT2D eigenvalue weighted by Gasteiger charge is -2.03. The molecule has 0 fully saturated rings. The van der Waals surface area contributed by atoms with Crippen molar-refractivity contribution in [3.8, 4) is 0 Å². The first-order valence-electron chi connectivity index (χ1n) is 7.06. The average Bonchev–Trinajstić information content (AvgIpc) is 2.93. The summed E-state index contributed by atoms with van der Waals surface area (Å²) in [6, 6.07) is 8.14. The first kappa shape index (κ1) is 17.3. The lowest BCUT2D eigenvalue weighted by atomic mass is 10.2. The number of aromatic nitrogens is 2. The maximum atomic E-state index is 11.9. The van der Waals surface area contributed by atoms with E-state index in [1.54, 1.807) is 11.8 Å². The molecule has 0 saturated carbocycles. The van der Waals surface area contributed by atoms with Gasteiger partial charge in [0.15, 0.2) is 4.34 Å². The fourth-order valence-electron chi connectivity index (χ4n) is 1.50. The van der Waals surface area contributed by atoms with E-state index >= 15 is 0 Å². The summed E-state index contributed by atoms with van der Waals surface area (Å²) in [5, 5.41) is 12.0. The van der Waals surface area contributed by atoms with Gasteiger partial charge in [0.05, 0.1) is 5.75 Å². The molecule has 0 spiro atoms. The monoisotopic (exact) mass is 353 g/mol. The molecule has 1 aromatic heterocycles. The van der Waals surface area contributed by atoms with E-state index < -0.39 is 0 Å². The Morgan fingerprint density at radius 2 is 2.05 bits per heavy atom. The number of anilines is 1. The Kier molecular flexibility index (Phi) is 6.72. The van der Waals surface area contributed by atoms with Gasteiger partial charge in [-0.25, -0.2) is 0 Å². The Bertz CT molecular complexity index is 613. The van der Waals surface area contributed by atoms with E-state index in [-0.39, 0.29) is 5.91 Å². The SMILES string of the molecule is CCC(C)Sc1nnc(NC(=O)CSc2ccc(C)cc2)s1. The van der Waals surface area contributed by atoms with Crippen LogP contribution in [0.25, 0.3) is 0 Å². The van der Waals surface area contributed by atoms with Crippen molar-refractivity contribution in [1.82, 2.24) is 10.2 Å². The van der Waals surface area contributed by atoms with Crippen LogP contribution in [0.3, 0.4) is 0 Å². The highest BCUT2D eigenvalue weighted by molar-refractivity contribution is 8.01. The number of hydrogen-bond donors (Lipinski definition) is 1. The molecule has 7 heteroatoms. The zero-order valence-electron chi connectivity index (χ0n) is 12.8. The molecule has 0 aliphatic carbocycles. The number of carbonyl (C=O) groups excluding carboxylic acids is 1. The second-order valence-electron chi connectivity index (χ2n) is 4.86. The molecule has 2 rings (SSSR count). The Morgan fingerprint density at radius 1 is 1.32 bits per heavy atom. The van der Waals surface area contributed by atoms with Gasteiger partial charge in [-0.15, -0.1) is 22.0 Å². The van der Waals surface area contributed by atoms with E-state index in [1.807, 2.05) is 31.2 Å². The van der Waals surface area contributed by atoms with E-state index in [4.69, 9.17) is 0 Å². The molecule has 0 radical (unpaired) electrons. The van der Waals surface area contributed by atoms with Gasteiger partial charge in [-0.05, 0) is 25.5 Å². The highest BCUT2D eigenvalue weighted by atomic mass is 32.2. The van der Waals surface area contributed by atoms with Crippen molar-refractivity contribution in [2.75, 3.05) is 11.1 Å². The van der Waals surface area contributed by atoms with Crippen LogP contribution in [-0.4, -0.2) is 27.1 Å². The predicted molar refractivity (Wildman–Crippen MR) is 96.1 cm³/mol. The van der Waals surface area contributed by atoms with Gasteiger partial charge in [0.2, 0.25) is 11.0 Å². The van der Waals surface area contributed by atoms with Crippen molar-refractivity contribution < 1.29 is 4.79 Å². The number of amides is 1. The van der Waals surface area contributed by atoms with Crippen molar-refractivity contribution in [1.29, 1.82) is 0 Å². The first-order chi connectivity index (χ1) is 10.6. The molecule has 22 heavy (non-hydrogen) atoms. The molecular formula is C15H19N3OS3. The van der Waals surface area contributed by atoms with Crippen LogP contribution in [0.15, 0.2) is 33.5 Å². The molecular weight excluding hydrogens is 334 g/mol. The van der Waals surface area contributed by atoms with Crippen LogP contribution in [-0.2, 0) is 4.79 Å². The van der Waals surface area contributed by atoms with Gasteiger partial charge in [-0.3, -0.25) is 10.1 Å². The van der Waals surface area contributed by atoms with E-state index in [9.17, 15) is 4.79 Å². The molecule has 1 amide bonds. The highest BCUT2D eigenvalue weighted by Crippen LogP contribution is 2.30. The summed E-state index contributed by atoms with van der Waals surface area (Å²) in [5.41, 5.74) is 1.22. The second kappa shape index (κ2) is 8.55. The molecule has 1 unspecified atom stereocenters. The summed E-state index contributed by atoms with van der Waals surface area (Å²) in [6.07, 6.45) is 1.08. The zero-order chi connectivity index (χ0) is 15.9. The van der Waals surface area contributed by atoms with Crippen LogP contribution in [0.1, 0.15) is 25.8 Å². The Labute approximate surface area is 143 Å². The third-order valence-electron chi connectivity index (χ3n) is 2.92. The van der Waals surface area contributed by atoms with Crippen LogP contribution >= 0.6 is 34.9 Å². The third-order valence-corrected chi connectivity index (χ3v) is 6.12. The minimum absolute atomic E-state index is 0.0539. The third kappa shape index (κ3) is 5.62. The van der Waals surface area contributed by atoms with E-state index in [1.165, 1.54) is 28.7 Å². The van der Waals surface area contributed by atoms with Crippen molar-refractivity contribution >= 4 is 45.9 Å². The Morgan fingerprint density at radius 3 is 2.73 bits per heavy atom. The van der Waals surface area contributed by atoms with Crippen molar-refractivity contribution in [3.05, 3.63) is 29.8 Å². The maximum Gasteiger partial charge on any atom is 0.236 e. The summed E-state index contributed by atoms with van der Waals surface area (Å²) < 4.78 is 0.899. The van der Waals surface area contributed by atoms with Gasteiger partial charge in [0.25, 0.3) is 0 Å². The number of hydrogen-bond acceptors (Lipinski definition) is 6. The molecule has 0 aliphatic heterocycles. The van der Waals surface area contributed by atoms with E-state index in [0.717, 1.165) is 15.7 Å². The summed E-state index contributed by atoms with van der Waals surface area (Å²) in [7, 11) is 0. The number of nitrogens with one attached hydrogen (secondary N) is 1. The van der Waals surface area contributed by atoms with Gasteiger partial charge in [0, 0.05) is 10.1 Å². The normalized spacial score (nSPS) is 12.1. The van der Waals surface area contributed by atoms with Crippen molar-refractivity contribution in [2.24, 2.45) is 0 Å². The van der Waals surface area contributed by atoms with E-state index in [0.29, 0.717) is 16.1 Å².